The van der Waals surface area contributed by atoms with Crippen molar-refractivity contribution in [3.8, 4) is 0 Å². The number of benzene rings is 2. The van der Waals surface area contributed by atoms with E-state index >= 15 is 0 Å². The van der Waals surface area contributed by atoms with E-state index in [1.165, 1.54) is 13.2 Å². The van der Waals surface area contributed by atoms with Crippen molar-refractivity contribution in [1.82, 2.24) is 4.90 Å². The monoisotopic (exact) mass is 386 g/mol. The van der Waals surface area contributed by atoms with Gasteiger partial charge in [0.2, 0.25) is 0 Å². The molecule has 2 aromatic rings. The van der Waals surface area contributed by atoms with E-state index in [0.717, 1.165) is 25.7 Å². The number of rotatable bonds is 5. The number of ether oxygens (including phenoxy) is 1. The van der Waals surface area contributed by atoms with Gasteiger partial charge in [-0.3, -0.25) is 0 Å². The molecule has 0 bridgehead atoms. The molecule has 0 unspecified atom stereocenters. The maximum Gasteiger partial charge on any atom is 0.339 e. The quantitative estimate of drug-likeness (QED) is 0.593. The van der Waals surface area contributed by atoms with E-state index in [4.69, 9.17) is 17.0 Å². The fourth-order valence-electron chi connectivity index (χ4n) is 3.46. The van der Waals surface area contributed by atoms with Gasteiger partial charge in [-0.05, 0) is 43.3 Å². The number of esters is 1. The number of carbonyl (C=O) groups excluding carboxylic acids is 1. The molecule has 0 aliphatic heterocycles. The summed E-state index contributed by atoms with van der Waals surface area (Å²) in [7, 11) is 1.35. The Morgan fingerprint density at radius 1 is 1.19 bits per heavy atom. The van der Waals surface area contributed by atoms with Gasteiger partial charge in [-0.25, -0.2) is 9.18 Å². The molecule has 142 valence electrons. The lowest BCUT2D eigenvalue weighted by atomic mass is 10.1. The Bertz CT molecular complexity index is 821. The molecule has 1 fully saturated rings. The Balaban J connectivity index is 1.84. The minimum absolute atomic E-state index is 0.238. The summed E-state index contributed by atoms with van der Waals surface area (Å²) in [6.45, 7) is 0.392. The third-order valence-corrected chi connectivity index (χ3v) is 5.24. The standard InChI is InChI=1S/C21H23FN2O2S/c1-26-20(25)17-11-5-7-13-19(17)23-21(27)24(16-9-3-4-10-16)14-15-8-2-6-12-18(15)22/h2,5-8,11-13,16H,3-4,9-10,14H2,1H3,(H,23,27). The zero-order valence-electron chi connectivity index (χ0n) is 15.3. The average molecular weight is 386 g/mol. The molecule has 0 atom stereocenters. The predicted octanol–water partition coefficient (Wildman–Crippen LogP) is 4.75. The number of methoxy groups -OCH3 is 1. The number of hydrogen-bond acceptors (Lipinski definition) is 3. The first kappa shape index (κ1) is 19.3. The maximum atomic E-state index is 14.2. The first-order chi connectivity index (χ1) is 13.1. The first-order valence-electron chi connectivity index (χ1n) is 9.08. The molecular weight excluding hydrogens is 363 g/mol. The van der Waals surface area contributed by atoms with Crippen molar-refractivity contribution < 1.29 is 13.9 Å². The number of nitrogens with zero attached hydrogens (tertiary/aromatic N) is 1. The molecule has 0 amide bonds. The molecule has 0 radical (unpaired) electrons. The zero-order chi connectivity index (χ0) is 19.2. The van der Waals surface area contributed by atoms with Crippen molar-refractivity contribution >= 4 is 29.0 Å². The summed E-state index contributed by atoms with van der Waals surface area (Å²) in [4.78, 5) is 14.0. The number of anilines is 1. The number of carbonyl (C=O) groups is 1. The topological polar surface area (TPSA) is 41.6 Å². The van der Waals surface area contributed by atoms with Gasteiger partial charge >= 0.3 is 5.97 Å². The van der Waals surface area contributed by atoms with Crippen LogP contribution in [0.5, 0.6) is 0 Å². The lowest BCUT2D eigenvalue weighted by molar-refractivity contribution is 0.0602. The van der Waals surface area contributed by atoms with Gasteiger partial charge in [-0.15, -0.1) is 0 Å². The van der Waals surface area contributed by atoms with Crippen LogP contribution in [0, 0.1) is 5.82 Å². The highest BCUT2D eigenvalue weighted by Gasteiger charge is 2.26. The van der Waals surface area contributed by atoms with Gasteiger partial charge in [0.15, 0.2) is 5.11 Å². The van der Waals surface area contributed by atoms with E-state index in [-0.39, 0.29) is 11.9 Å². The first-order valence-corrected chi connectivity index (χ1v) is 9.49. The van der Waals surface area contributed by atoms with Crippen LogP contribution in [0.3, 0.4) is 0 Å². The number of nitrogens with one attached hydrogen (secondary N) is 1. The van der Waals surface area contributed by atoms with E-state index in [0.29, 0.717) is 28.5 Å². The number of thiocarbonyl (C=S) groups is 1. The smallest absolute Gasteiger partial charge is 0.339 e. The molecule has 1 saturated carbocycles. The third-order valence-electron chi connectivity index (χ3n) is 4.90. The molecular formula is C21H23FN2O2S. The molecule has 1 N–H and O–H groups in total. The van der Waals surface area contributed by atoms with E-state index in [1.807, 2.05) is 17.0 Å². The van der Waals surface area contributed by atoms with Gasteiger partial charge in [0.1, 0.15) is 5.82 Å². The number of hydrogen-bond donors (Lipinski definition) is 1. The molecule has 1 aliphatic rings. The number of para-hydroxylation sites is 1. The molecule has 0 spiro atoms. The van der Waals surface area contributed by atoms with Crippen LogP contribution in [0.1, 0.15) is 41.6 Å². The van der Waals surface area contributed by atoms with Crippen LogP contribution in [0.15, 0.2) is 48.5 Å². The second-order valence-corrected chi connectivity index (χ2v) is 7.01. The SMILES string of the molecule is COC(=O)c1ccccc1NC(=S)N(Cc1ccccc1F)C1CCCC1. The molecule has 0 aromatic heterocycles. The second kappa shape index (κ2) is 8.95. The van der Waals surface area contributed by atoms with Crippen LogP contribution in [-0.4, -0.2) is 29.1 Å². The summed E-state index contributed by atoms with van der Waals surface area (Å²) >= 11 is 5.66. The molecule has 3 rings (SSSR count). The highest BCUT2D eigenvalue weighted by atomic mass is 32.1. The van der Waals surface area contributed by atoms with Gasteiger partial charge < -0.3 is 15.0 Å². The van der Waals surface area contributed by atoms with Crippen molar-refractivity contribution in [1.29, 1.82) is 0 Å². The van der Waals surface area contributed by atoms with E-state index < -0.39 is 5.97 Å². The summed E-state index contributed by atoms with van der Waals surface area (Å²) in [6.07, 6.45) is 4.32. The molecule has 0 heterocycles. The third kappa shape index (κ3) is 4.63. The summed E-state index contributed by atoms with van der Waals surface area (Å²) in [5.74, 6) is -0.666. The normalized spacial score (nSPS) is 14.0. The highest BCUT2D eigenvalue weighted by molar-refractivity contribution is 7.80. The van der Waals surface area contributed by atoms with Gasteiger partial charge in [0, 0.05) is 18.2 Å². The summed E-state index contributed by atoms with van der Waals surface area (Å²) in [5.41, 5.74) is 1.61. The van der Waals surface area contributed by atoms with E-state index in [1.54, 1.807) is 30.3 Å². The fourth-order valence-corrected chi connectivity index (χ4v) is 3.78. The Morgan fingerprint density at radius 3 is 2.56 bits per heavy atom. The van der Waals surface area contributed by atoms with Gasteiger partial charge in [0.05, 0.1) is 18.4 Å². The Hall–Kier alpha value is -2.47. The summed E-state index contributed by atoms with van der Waals surface area (Å²) < 4.78 is 19.0. The van der Waals surface area contributed by atoms with Crippen molar-refractivity contribution in [2.75, 3.05) is 12.4 Å². The number of halogens is 1. The predicted molar refractivity (Wildman–Crippen MR) is 108 cm³/mol. The lowest BCUT2D eigenvalue weighted by Crippen LogP contribution is -2.41. The molecule has 6 heteroatoms. The Morgan fingerprint density at radius 2 is 1.85 bits per heavy atom. The molecule has 2 aromatic carbocycles. The fraction of sp³-hybridized carbons (Fsp3) is 0.333. The van der Waals surface area contributed by atoms with Crippen LogP contribution >= 0.6 is 12.2 Å². The van der Waals surface area contributed by atoms with E-state index in [9.17, 15) is 9.18 Å². The van der Waals surface area contributed by atoms with Crippen LogP contribution < -0.4 is 5.32 Å². The summed E-state index contributed by atoms with van der Waals surface area (Å²) in [5, 5.41) is 3.66. The summed E-state index contributed by atoms with van der Waals surface area (Å²) in [6, 6.07) is 14.1. The molecule has 0 saturated heterocycles. The van der Waals surface area contributed by atoms with Gasteiger partial charge in [-0.2, -0.15) is 0 Å². The van der Waals surface area contributed by atoms with Gasteiger partial charge in [-0.1, -0.05) is 43.2 Å². The van der Waals surface area contributed by atoms with Crippen LogP contribution in [-0.2, 0) is 11.3 Å². The van der Waals surface area contributed by atoms with Crippen LogP contribution in [0.2, 0.25) is 0 Å². The lowest BCUT2D eigenvalue weighted by Gasteiger charge is -2.32. The minimum atomic E-state index is -0.428. The van der Waals surface area contributed by atoms with Crippen LogP contribution in [0.4, 0.5) is 10.1 Å². The Labute approximate surface area is 164 Å². The van der Waals surface area contributed by atoms with Crippen molar-refractivity contribution in [3.05, 3.63) is 65.5 Å². The molecule has 4 nitrogen and oxygen atoms in total. The Kier molecular flexibility index (Phi) is 6.40. The second-order valence-electron chi connectivity index (χ2n) is 6.62. The minimum Gasteiger partial charge on any atom is -0.465 e. The van der Waals surface area contributed by atoms with Crippen molar-refractivity contribution in [2.24, 2.45) is 0 Å². The van der Waals surface area contributed by atoms with Crippen molar-refractivity contribution in [2.45, 2.75) is 38.3 Å². The molecule has 1 aliphatic carbocycles. The average Bonchev–Trinajstić information content (AvgIpc) is 3.21. The van der Waals surface area contributed by atoms with Crippen LogP contribution in [0.25, 0.3) is 0 Å². The zero-order valence-corrected chi connectivity index (χ0v) is 16.1. The van der Waals surface area contributed by atoms with Crippen molar-refractivity contribution in [3.63, 3.8) is 0 Å². The largest absolute Gasteiger partial charge is 0.465 e. The van der Waals surface area contributed by atoms with E-state index in [2.05, 4.69) is 5.32 Å². The van der Waals surface area contributed by atoms with Gasteiger partial charge in [0.25, 0.3) is 0 Å². The molecule has 27 heavy (non-hydrogen) atoms. The maximum absolute atomic E-state index is 14.2. The highest BCUT2D eigenvalue weighted by Crippen LogP contribution is 2.27.